The zero-order valence-electron chi connectivity index (χ0n) is 12.9. The number of ether oxygens (including phenoxy) is 2. The molecule has 0 saturated heterocycles. The Morgan fingerprint density at radius 3 is 2.21 bits per heavy atom. The van der Waals surface area contributed by atoms with Gasteiger partial charge in [0.15, 0.2) is 17.2 Å². The quantitative estimate of drug-likeness (QED) is 0.667. The molecule has 2 aromatic rings. The third kappa shape index (κ3) is 3.49. The van der Waals surface area contributed by atoms with Crippen molar-refractivity contribution < 1.29 is 14.3 Å². The number of pyridine rings is 1. The van der Waals surface area contributed by atoms with Crippen molar-refractivity contribution in [3.05, 3.63) is 44.1 Å². The third-order valence-corrected chi connectivity index (χ3v) is 4.92. The second kappa shape index (κ2) is 7.66. The summed E-state index contributed by atoms with van der Waals surface area (Å²) in [4.78, 5) is 17.9. The summed E-state index contributed by atoms with van der Waals surface area (Å²) in [6, 6.07) is 5.00. The highest BCUT2D eigenvalue weighted by Gasteiger charge is 2.24. The molecule has 0 unspecified atom stereocenters. The summed E-state index contributed by atoms with van der Waals surface area (Å²) >= 11 is 23.8. The first-order valence-corrected chi connectivity index (χ1v) is 8.03. The molecule has 1 amide bonds. The Balaban J connectivity index is 2.44. The second-order valence-corrected chi connectivity index (χ2v) is 6.09. The Kier molecular flexibility index (Phi) is 6.04. The number of aromatic nitrogens is 1. The van der Waals surface area contributed by atoms with E-state index in [2.05, 4.69) is 4.98 Å². The van der Waals surface area contributed by atoms with E-state index in [0.29, 0.717) is 17.2 Å². The van der Waals surface area contributed by atoms with Gasteiger partial charge in [-0.05, 0) is 12.1 Å². The van der Waals surface area contributed by atoms with Crippen LogP contribution in [0.5, 0.6) is 11.5 Å². The zero-order valence-corrected chi connectivity index (χ0v) is 15.9. The van der Waals surface area contributed by atoms with Crippen molar-refractivity contribution in [2.75, 3.05) is 26.2 Å². The number of anilines is 1. The van der Waals surface area contributed by atoms with Crippen LogP contribution in [0.15, 0.2) is 18.2 Å². The van der Waals surface area contributed by atoms with Crippen LogP contribution in [0.4, 0.5) is 5.69 Å². The van der Waals surface area contributed by atoms with E-state index >= 15 is 0 Å². The molecule has 0 aliphatic heterocycles. The van der Waals surface area contributed by atoms with Crippen molar-refractivity contribution in [2.45, 2.75) is 0 Å². The first kappa shape index (κ1) is 18.9. The zero-order chi connectivity index (χ0) is 18.0. The lowest BCUT2D eigenvalue weighted by Gasteiger charge is -2.19. The molecule has 9 heteroatoms. The fourth-order valence-electron chi connectivity index (χ4n) is 1.94. The smallest absolute Gasteiger partial charge is 0.278 e. The molecular weight excluding hydrogens is 398 g/mol. The van der Waals surface area contributed by atoms with E-state index in [1.54, 1.807) is 25.2 Å². The predicted octanol–water partition coefficient (Wildman–Crippen LogP) is 4.99. The van der Waals surface area contributed by atoms with Crippen LogP contribution in [0.1, 0.15) is 10.5 Å². The van der Waals surface area contributed by atoms with E-state index in [9.17, 15) is 4.79 Å². The molecule has 1 heterocycles. The van der Waals surface area contributed by atoms with Gasteiger partial charge in [-0.25, -0.2) is 4.98 Å². The normalized spacial score (nSPS) is 10.5. The molecule has 0 saturated carbocycles. The van der Waals surface area contributed by atoms with Crippen LogP contribution >= 0.6 is 46.4 Å². The molecule has 0 aliphatic carbocycles. The van der Waals surface area contributed by atoms with Crippen molar-refractivity contribution in [3.63, 3.8) is 0 Å². The van der Waals surface area contributed by atoms with E-state index in [1.165, 1.54) is 19.1 Å². The molecule has 2 rings (SSSR count). The summed E-state index contributed by atoms with van der Waals surface area (Å²) < 4.78 is 10.4. The monoisotopic (exact) mass is 408 g/mol. The minimum Gasteiger partial charge on any atom is -0.493 e. The van der Waals surface area contributed by atoms with Crippen molar-refractivity contribution in [1.29, 1.82) is 0 Å². The molecule has 0 atom stereocenters. The number of hydrogen-bond acceptors (Lipinski definition) is 4. The fourth-order valence-corrected chi connectivity index (χ4v) is 2.75. The number of methoxy groups -OCH3 is 2. The molecular formula is C15H12Cl4N2O3. The lowest BCUT2D eigenvalue weighted by atomic mass is 10.2. The Morgan fingerprint density at radius 2 is 1.62 bits per heavy atom. The largest absolute Gasteiger partial charge is 0.493 e. The van der Waals surface area contributed by atoms with Crippen molar-refractivity contribution in [1.82, 2.24) is 4.98 Å². The summed E-state index contributed by atoms with van der Waals surface area (Å²) in [6.07, 6.45) is 0. The number of benzene rings is 1. The Labute approximate surface area is 159 Å². The van der Waals surface area contributed by atoms with Gasteiger partial charge in [0, 0.05) is 18.8 Å². The number of halogens is 4. The number of carbonyl (C=O) groups is 1. The standard InChI is InChI=1S/C15H12Cl4N2O3/c1-21(7-4-5-8(23-2)9(6-7)24-3)15(22)13-11(17)10(16)12(18)14(19)20-13/h4-6H,1-3H3. The lowest BCUT2D eigenvalue weighted by Crippen LogP contribution is -2.27. The molecule has 24 heavy (non-hydrogen) atoms. The number of hydrogen-bond donors (Lipinski definition) is 0. The molecule has 0 bridgehead atoms. The summed E-state index contributed by atoms with van der Waals surface area (Å²) in [5.41, 5.74) is 0.436. The van der Waals surface area contributed by atoms with Gasteiger partial charge >= 0.3 is 0 Å². The number of carbonyl (C=O) groups excluding carboxylic acids is 1. The summed E-state index contributed by atoms with van der Waals surface area (Å²) in [5, 5.41) is -0.199. The van der Waals surface area contributed by atoms with Crippen molar-refractivity contribution in [3.8, 4) is 11.5 Å². The van der Waals surface area contributed by atoms with E-state index in [-0.39, 0.29) is 25.9 Å². The van der Waals surface area contributed by atoms with Gasteiger partial charge in [0.1, 0.15) is 5.15 Å². The Bertz CT molecular complexity index is 799. The van der Waals surface area contributed by atoms with Crippen LogP contribution < -0.4 is 14.4 Å². The van der Waals surface area contributed by atoms with Crippen LogP contribution in [0.25, 0.3) is 0 Å². The van der Waals surface area contributed by atoms with Gasteiger partial charge in [-0.3, -0.25) is 4.79 Å². The Hall–Kier alpha value is -1.40. The van der Waals surface area contributed by atoms with E-state index in [1.807, 2.05) is 0 Å². The van der Waals surface area contributed by atoms with Gasteiger partial charge in [-0.1, -0.05) is 46.4 Å². The summed E-state index contributed by atoms with van der Waals surface area (Å²) in [7, 11) is 4.58. The maximum atomic E-state index is 12.7. The Morgan fingerprint density at radius 1 is 1.00 bits per heavy atom. The number of nitrogens with zero attached hydrogens (tertiary/aromatic N) is 2. The molecule has 1 aromatic carbocycles. The molecule has 5 nitrogen and oxygen atoms in total. The highest BCUT2D eigenvalue weighted by atomic mass is 35.5. The van der Waals surface area contributed by atoms with Crippen LogP contribution in [-0.4, -0.2) is 32.2 Å². The van der Waals surface area contributed by atoms with Crippen LogP contribution in [0.3, 0.4) is 0 Å². The summed E-state index contributed by atoms with van der Waals surface area (Å²) in [5.74, 6) is 0.504. The van der Waals surface area contributed by atoms with Crippen LogP contribution in [0, 0.1) is 0 Å². The molecule has 1 aromatic heterocycles. The highest BCUT2D eigenvalue weighted by molar-refractivity contribution is 6.52. The van der Waals surface area contributed by atoms with Gasteiger partial charge in [-0.15, -0.1) is 0 Å². The minimum atomic E-state index is -0.507. The van der Waals surface area contributed by atoms with Gasteiger partial charge in [0.2, 0.25) is 0 Å². The molecule has 128 valence electrons. The molecule has 0 radical (unpaired) electrons. The van der Waals surface area contributed by atoms with Crippen molar-refractivity contribution >= 4 is 58.0 Å². The predicted molar refractivity (Wildman–Crippen MR) is 96.6 cm³/mol. The van der Waals surface area contributed by atoms with E-state index in [4.69, 9.17) is 55.9 Å². The van der Waals surface area contributed by atoms with Gasteiger partial charge in [0.25, 0.3) is 5.91 Å². The van der Waals surface area contributed by atoms with Crippen LogP contribution in [-0.2, 0) is 0 Å². The average molecular weight is 410 g/mol. The highest BCUT2D eigenvalue weighted by Crippen LogP contribution is 2.37. The minimum absolute atomic E-state index is 0.00588. The first-order valence-electron chi connectivity index (χ1n) is 6.51. The molecule has 0 N–H and O–H groups in total. The molecule has 0 spiro atoms. The number of rotatable bonds is 4. The van der Waals surface area contributed by atoms with E-state index in [0.717, 1.165) is 0 Å². The van der Waals surface area contributed by atoms with Gasteiger partial charge < -0.3 is 14.4 Å². The molecule has 0 aliphatic rings. The van der Waals surface area contributed by atoms with Crippen molar-refractivity contribution in [2.24, 2.45) is 0 Å². The number of amides is 1. The van der Waals surface area contributed by atoms with Crippen LogP contribution in [0.2, 0.25) is 20.2 Å². The van der Waals surface area contributed by atoms with Gasteiger partial charge in [-0.2, -0.15) is 0 Å². The fraction of sp³-hybridized carbons (Fsp3) is 0.200. The first-order chi connectivity index (χ1) is 11.3. The van der Waals surface area contributed by atoms with Gasteiger partial charge in [0.05, 0.1) is 29.3 Å². The third-order valence-electron chi connectivity index (χ3n) is 3.25. The topological polar surface area (TPSA) is 51.7 Å². The lowest BCUT2D eigenvalue weighted by molar-refractivity contribution is 0.0988. The SMILES string of the molecule is COc1ccc(N(C)C(=O)c2nc(Cl)c(Cl)c(Cl)c2Cl)cc1OC. The van der Waals surface area contributed by atoms with E-state index < -0.39 is 5.91 Å². The average Bonchev–Trinajstić information content (AvgIpc) is 2.61. The maximum Gasteiger partial charge on any atom is 0.278 e. The maximum absolute atomic E-state index is 12.7. The summed E-state index contributed by atoms with van der Waals surface area (Å²) in [6.45, 7) is 0. The molecule has 0 fully saturated rings. The second-order valence-electron chi connectivity index (χ2n) is 4.60.